The van der Waals surface area contributed by atoms with Crippen molar-refractivity contribution in [1.29, 1.82) is 0 Å². The Hall–Kier alpha value is -3.23. The van der Waals surface area contributed by atoms with Crippen LogP contribution in [-0.2, 0) is 29.9 Å². The number of hydrogen-bond acceptors (Lipinski definition) is 8. The first-order valence-corrected chi connectivity index (χ1v) is 11.5. The maximum atomic E-state index is 13.2. The van der Waals surface area contributed by atoms with E-state index in [9.17, 15) is 13.2 Å². The minimum Gasteiger partial charge on any atom is -0.283 e. The van der Waals surface area contributed by atoms with Crippen LogP contribution in [0.1, 0.15) is 11.4 Å². The Bertz CT molecular complexity index is 1410. The molecule has 0 aliphatic rings. The minimum atomic E-state index is -3.92. The summed E-state index contributed by atoms with van der Waals surface area (Å²) in [6.07, 6.45) is 1.34. The van der Waals surface area contributed by atoms with Crippen LogP contribution < -0.4 is 10.7 Å². The Balaban J connectivity index is 1.72. The van der Waals surface area contributed by atoms with Crippen LogP contribution in [0.3, 0.4) is 0 Å². The fourth-order valence-electron chi connectivity index (χ4n) is 3.19. The van der Waals surface area contributed by atoms with E-state index < -0.39 is 10.0 Å². The van der Waals surface area contributed by atoms with E-state index in [1.807, 2.05) is 30.3 Å². The van der Waals surface area contributed by atoms with Crippen LogP contribution in [-0.4, -0.2) is 47.8 Å². The first-order chi connectivity index (χ1) is 14.7. The van der Waals surface area contributed by atoms with Crippen LogP contribution in [0.4, 0.5) is 0 Å². The summed E-state index contributed by atoms with van der Waals surface area (Å²) in [5.74, 6) is 0.145. The van der Waals surface area contributed by atoms with Gasteiger partial charge in [-0.1, -0.05) is 30.0 Å². The van der Waals surface area contributed by atoms with Crippen molar-refractivity contribution >= 4 is 21.8 Å². The van der Waals surface area contributed by atoms with Crippen molar-refractivity contribution in [3.05, 3.63) is 58.3 Å². The third kappa shape index (κ3) is 3.80. The highest BCUT2D eigenvalue weighted by atomic mass is 32.2. The van der Waals surface area contributed by atoms with Gasteiger partial charge < -0.3 is 0 Å². The van der Waals surface area contributed by atoms with E-state index in [1.165, 1.54) is 20.2 Å². The smallest absolute Gasteiger partial charge is 0.283 e. The number of nitrogens with two attached hydrogens (primary N) is 1. The molecule has 0 unspecified atom stereocenters. The summed E-state index contributed by atoms with van der Waals surface area (Å²) in [4.78, 5) is 13.2. The molecule has 0 radical (unpaired) electrons. The fourth-order valence-corrected chi connectivity index (χ4v) is 4.85. The van der Waals surface area contributed by atoms with Crippen LogP contribution in [0, 0.1) is 6.92 Å². The number of sulfonamides is 1. The van der Waals surface area contributed by atoms with Crippen LogP contribution >= 0.6 is 11.8 Å². The summed E-state index contributed by atoms with van der Waals surface area (Å²) < 4.78 is 29.6. The number of para-hydroxylation sites is 1. The SMILES string of the molecule is Cc1c(-n2nnnc2SCc2nn(C)cc2S(N)(=O)=O)c(=O)n(-c2ccccc2)n1C. The lowest BCUT2D eigenvalue weighted by Gasteiger charge is -2.07. The van der Waals surface area contributed by atoms with E-state index in [-0.39, 0.29) is 21.9 Å². The summed E-state index contributed by atoms with van der Waals surface area (Å²) in [6.45, 7) is 1.80. The van der Waals surface area contributed by atoms with Gasteiger partial charge in [-0.05, 0) is 29.5 Å². The summed E-state index contributed by atoms with van der Waals surface area (Å²) in [7, 11) is -0.546. The molecule has 1 aromatic carbocycles. The Kier molecular flexibility index (Phi) is 5.28. The number of nitrogens with zero attached hydrogens (tertiary/aromatic N) is 8. The van der Waals surface area contributed by atoms with E-state index in [2.05, 4.69) is 20.6 Å². The van der Waals surface area contributed by atoms with Crippen molar-refractivity contribution in [2.24, 2.45) is 19.2 Å². The van der Waals surface area contributed by atoms with Gasteiger partial charge in [0.1, 0.15) is 4.90 Å². The first kappa shape index (κ1) is 21.0. The van der Waals surface area contributed by atoms with E-state index in [0.717, 1.165) is 11.8 Å². The standard InChI is InChI=1S/C17H19N9O3S2/c1-11-15(16(27)26(24(11)3)12-7-5-4-6-8-12)25-17(19-21-22-25)30-10-13-14(31(18,28)29)9-23(2)20-13/h4-9H,10H2,1-3H3,(H2,18,28,29). The summed E-state index contributed by atoms with van der Waals surface area (Å²) in [5, 5.41) is 21.4. The quantitative estimate of drug-likeness (QED) is 0.398. The molecule has 4 aromatic rings. The lowest BCUT2D eigenvalue weighted by Crippen LogP contribution is -2.22. The molecule has 0 saturated heterocycles. The largest absolute Gasteiger partial charge is 0.297 e. The second-order valence-electron chi connectivity index (χ2n) is 6.73. The van der Waals surface area contributed by atoms with Gasteiger partial charge in [0.05, 0.1) is 17.1 Å². The van der Waals surface area contributed by atoms with E-state index in [4.69, 9.17) is 5.14 Å². The zero-order valence-electron chi connectivity index (χ0n) is 16.9. The highest BCUT2D eigenvalue weighted by Gasteiger charge is 2.23. The topological polar surface area (TPSA) is 149 Å². The molecule has 14 heteroatoms. The molecule has 0 saturated carbocycles. The molecule has 3 aromatic heterocycles. The van der Waals surface area contributed by atoms with Gasteiger partial charge in [-0.3, -0.25) is 14.2 Å². The van der Waals surface area contributed by atoms with Gasteiger partial charge >= 0.3 is 0 Å². The first-order valence-electron chi connectivity index (χ1n) is 8.99. The van der Waals surface area contributed by atoms with Gasteiger partial charge in [-0.2, -0.15) is 9.78 Å². The fraction of sp³-hybridized carbons (Fsp3) is 0.235. The Morgan fingerprint density at radius 1 is 1.16 bits per heavy atom. The zero-order valence-corrected chi connectivity index (χ0v) is 18.5. The van der Waals surface area contributed by atoms with Gasteiger partial charge in [0, 0.05) is 26.0 Å². The molecule has 12 nitrogen and oxygen atoms in total. The van der Waals surface area contributed by atoms with Gasteiger partial charge in [0.15, 0.2) is 5.69 Å². The van der Waals surface area contributed by atoms with Crippen LogP contribution in [0.5, 0.6) is 0 Å². The third-order valence-corrected chi connectivity index (χ3v) is 6.57. The monoisotopic (exact) mass is 461 g/mol. The number of primary sulfonamides is 1. The predicted octanol–water partition coefficient (Wildman–Crippen LogP) is 0.133. The molecule has 2 N–H and O–H groups in total. The maximum absolute atomic E-state index is 13.2. The molecule has 0 atom stereocenters. The van der Waals surface area contributed by atoms with Crippen molar-refractivity contribution < 1.29 is 8.42 Å². The second kappa shape index (κ2) is 7.79. The molecule has 0 bridgehead atoms. The summed E-state index contributed by atoms with van der Waals surface area (Å²) >= 11 is 1.15. The van der Waals surface area contributed by atoms with E-state index >= 15 is 0 Å². The molecule has 0 spiro atoms. The highest BCUT2D eigenvalue weighted by Crippen LogP contribution is 2.25. The molecule has 31 heavy (non-hydrogen) atoms. The average Bonchev–Trinajstić information content (AvgIpc) is 3.38. The van der Waals surface area contributed by atoms with Gasteiger partial charge in [-0.15, -0.1) is 5.10 Å². The molecule has 0 amide bonds. The van der Waals surface area contributed by atoms with Crippen molar-refractivity contribution in [1.82, 2.24) is 39.4 Å². The van der Waals surface area contributed by atoms with Gasteiger partial charge in [-0.25, -0.2) is 18.2 Å². The molecular formula is C17H19N9O3S2. The lowest BCUT2D eigenvalue weighted by atomic mass is 10.3. The number of hydrogen-bond donors (Lipinski definition) is 1. The van der Waals surface area contributed by atoms with Crippen molar-refractivity contribution in [2.75, 3.05) is 0 Å². The van der Waals surface area contributed by atoms with Crippen LogP contribution in [0.2, 0.25) is 0 Å². The number of rotatable bonds is 6. The van der Waals surface area contributed by atoms with Crippen molar-refractivity contribution in [3.8, 4) is 11.4 Å². The normalized spacial score (nSPS) is 11.9. The number of benzene rings is 1. The molecule has 162 valence electrons. The third-order valence-electron chi connectivity index (χ3n) is 4.69. The number of thioether (sulfide) groups is 1. The number of tetrazole rings is 1. The van der Waals surface area contributed by atoms with Crippen LogP contribution in [0.25, 0.3) is 11.4 Å². The lowest BCUT2D eigenvalue weighted by molar-refractivity contribution is 0.597. The Morgan fingerprint density at radius 3 is 2.55 bits per heavy atom. The Labute approximate surface area is 181 Å². The molecule has 0 aliphatic heterocycles. The highest BCUT2D eigenvalue weighted by molar-refractivity contribution is 7.98. The Morgan fingerprint density at radius 2 is 1.87 bits per heavy atom. The van der Waals surface area contributed by atoms with E-state index in [0.29, 0.717) is 22.2 Å². The number of aromatic nitrogens is 8. The van der Waals surface area contributed by atoms with E-state index in [1.54, 1.807) is 25.7 Å². The van der Waals surface area contributed by atoms with Crippen molar-refractivity contribution in [2.45, 2.75) is 22.7 Å². The zero-order chi connectivity index (χ0) is 22.3. The molecule has 0 aliphatic carbocycles. The molecule has 3 heterocycles. The molecule has 0 fully saturated rings. The summed E-state index contributed by atoms with van der Waals surface area (Å²) in [6, 6.07) is 9.22. The van der Waals surface area contributed by atoms with Gasteiger partial charge in [0.2, 0.25) is 15.2 Å². The second-order valence-corrected chi connectivity index (χ2v) is 9.20. The maximum Gasteiger partial charge on any atom is 0.297 e. The molecule has 4 rings (SSSR count). The van der Waals surface area contributed by atoms with Crippen molar-refractivity contribution in [3.63, 3.8) is 0 Å². The molecular weight excluding hydrogens is 442 g/mol. The minimum absolute atomic E-state index is 0.0659. The number of aryl methyl sites for hydroxylation is 1. The van der Waals surface area contributed by atoms with Crippen LogP contribution in [0.15, 0.2) is 51.4 Å². The average molecular weight is 462 g/mol. The predicted molar refractivity (Wildman–Crippen MR) is 113 cm³/mol. The summed E-state index contributed by atoms with van der Waals surface area (Å²) in [5.41, 5.74) is 1.65. The van der Waals surface area contributed by atoms with Gasteiger partial charge in [0.25, 0.3) is 5.56 Å².